The first-order chi connectivity index (χ1) is 11.8. The van der Waals surface area contributed by atoms with Gasteiger partial charge in [0.2, 0.25) is 5.91 Å². The molecular formula is C18H19N5O. The summed E-state index contributed by atoms with van der Waals surface area (Å²) in [5.74, 6) is 0.628. The van der Waals surface area contributed by atoms with E-state index in [9.17, 15) is 4.79 Å². The van der Waals surface area contributed by atoms with E-state index in [0.29, 0.717) is 5.92 Å². The monoisotopic (exact) mass is 321 g/mol. The highest BCUT2D eigenvalue weighted by Gasteiger charge is 2.24. The Labute approximate surface area is 140 Å². The highest BCUT2D eigenvalue weighted by atomic mass is 16.2. The number of aromatic nitrogens is 4. The van der Waals surface area contributed by atoms with Gasteiger partial charge in [0.25, 0.3) is 0 Å². The third-order valence-corrected chi connectivity index (χ3v) is 4.73. The van der Waals surface area contributed by atoms with Crippen molar-refractivity contribution < 1.29 is 4.79 Å². The van der Waals surface area contributed by atoms with Gasteiger partial charge >= 0.3 is 0 Å². The largest absolute Gasteiger partial charge is 0.341 e. The van der Waals surface area contributed by atoms with Crippen molar-refractivity contribution in [2.75, 3.05) is 13.1 Å². The first kappa shape index (κ1) is 14.8. The summed E-state index contributed by atoms with van der Waals surface area (Å²) < 4.78 is 1.69. The number of nitrogens with zero attached hydrogens (tertiary/aromatic N) is 5. The van der Waals surface area contributed by atoms with Crippen LogP contribution in [-0.2, 0) is 11.3 Å². The fraction of sp³-hybridized carbons (Fsp3) is 0.333. The summed E-state index contributed by atoms with van der Waals surface area (Å²) in [4.78, 5) is 18.6. The van der Waals surface area contributed by atoms with Crippen LogP contribution < -0.4 is 0 Å². The van der Waals surface area contributed by atoms with Crippen molar-refractivity contribution >= 4 is 16.9 Å². The lowest BCUT2D eigenvalue weighted by molar-refractivity contribution is -0.133. The number of para-hydroxylation sites is 1. The second kappa shape index (κ2) is 6.39. The quantitative estimate of drug-likeness (QED) is 0.742. The second-order valence-corrected chi connectivity index (χ2v) is 6.17. The van der Waals surface area contributed by atoms with Gasteiger partial charge in [-0.15, -0.1) is 5.10 Å². The molecule has 3 heterocycles. The SMILES string of the molecule is O=C(Cn1nnc2ccccc21)N1CCC(c2ccncc2)CC1. The van der Waals surface area contributed by atoms with Crippen molar-refractivity contribution in [1.82, 2.24) is 24.9 Å². The number of hydrogen-bond donors (Lipinski definition) is 0. The molecule has 0 unspecified atom stereocenters. The van der Waals surface area contributed by atoms with Crippen molar-refractivity contribution in [2.45, 2.75) is 25.3 Å². The minimum atomic E-state index is 0.110. The molecule has 0 radical (unpaired) electrons. The van der Waals surface area contributed by atoms with E-state index in [1.807, 2.05) is 41.6 Å². The summed E-state index contributed by atoms with van der Waals surface area (Å²) >= 11 is 0. The molecule has 1 fully saturated rings. The van der Waals surface area contributed by atoms with Crippen molar-refractivity contribution in [1.29, 1.82) is 0 Å². The maximum Gasteiger partial charge on any atom is 0.244 e. The Hall–Kier alpha value is -2.76. The number of carbonyl (C=O) groups is 1. The number of likely N-dealkylation sites (tertiary alicyclic amines) is 1. The Morgan fingerprint density at radius 2 is 1.83 bits per heavy atom. The maximum absolute atomic E-state index is 12.6. The molecule has 0 bridgehead atoms. The molecule has 1 aromatic carbocycles. The van der Waals surface area contributed by atoms with Crippen molar-refractivity contribution in [3.63, 3.8) is 0 Å². The van der Waals surface area contributed by atoms with Gasteiger partial charge in [0.15, 0.2) is 0 Å². The van der Waals surface area contributed by atoms with Crippen molar-refractivity contribution in [2.24, 2.45) is 0 Å². The molecule has 0 N–H and O–H groups in total. The Kier molecular flexibility index (Phi) is 3.94. The van der Waals surface area contributed by atoms with Gasteiger partial charge in [-0.05, 0) is 48.6 Å². The van der Waals surface area contributed by atoms with E-state index < -0.39 is 0 Å². The Morgan fingerprint density at radius 1 is 1.08 bits per heavy atom. The van der Waals surface area contributed by atoms with E-state index in [4.69, 9.17) is 0 Å². The minimum Gasteiger partial charge on any atom is -0.341 e. The summed E-state index contributed by atoms with van der Waals surface area (Å²) in [6, 6.07) is 11.9. The van der Waals surface area contributed by atoms with Crippen LogP contribution in [0.3, 0.4) is 0 Å². The molecule has 3 aromatic rings. The molecule has 6 nitrogen and oxygen atoms in total. The topological polar surface area (TPSA) is 63.9 Å². The van der Waals surface area contributed by atoms with E-state index in [0.717, 1.165) is 37.0 Å². The Balaban J connectivity index is 1.40. The highest BCUT2D eigenvalue weighted by Crippen LogP contribution is 2.27. The smallest absolute Gasteiger partial charge is 0.244 e. The first-order valence-electron chi connectivity index (χ1n) is 8.27. The van der Waals surface area contributed by atoms with Crippen LogP contribution in [-0.4, -0.2) is 43.9 Å². The van der Waals surface area contributed by atoms with E-state index in [1.165, 1.54) is 5.56 Å². The summed E-state index contributed by atoms with van der Waals surface area (Å²) in [5, 5.41) is 8.21. The summed E-state index contributed by atoms with van der Waals surface area (Å²) in [5.41, 5.74) is 3.04. The number of benzene rings is 1. The lowest BCUT2D eigenvalue weighted by Gasteiger charge is -2.32. The van der Waals surface area contributed by atoms with Gasteiger partial charge in [0.1, 0.15) is 12.1 Å². The van der Waals surface area contributed by atoms with Gasteiger partial charge in [0.05, 0.1) is 5.52 Å². The average molecular weight is 321 g/mol. The fourth-order valence-electron chi connectivity index (χ4n) is 3.36. The van der Waals surface area contributed by atoms with E-state index in [1.54, 1.807) is 4.68 Å². The van der Waals surface area contributed by atoms with E-state index in [-0.39, 0.29) is 12.5 Å². The normalized spacial score (nSPS) is 15.8. The minimum absolute atomic E-state index is 0.110. The molecule has 122 valence electrons. The summed E-state index contributed by atoms with van der Waals surface area (Å²) in [6.45, 7) is 1.83. The van der Waals surface area contributed by atoms with Gasteiger partial charge in [-0.2, -0.15) is 0 Å². The molecule has 24 heavy (non-hydrogen) atoms. The Morgan fingerprint density at radius 3 is 2.62 bits per heavy atom. The lowest BCUT2D eigenvalue weighted by Crippen LogP contribution is -2.39. The van der Waals surface area contributed by atoms with Crippen LogP contribution in [0, 0.1) is 0 Å². The molecule has 2 aromatic heterocycles. The number of fused-ring (bicyclic) bond motifs is 1. The number of pyridine rings is 1. The Bertz CT molecular complexity index is 837. The van der Waals surface area contributed by atoms with Crippen LogP contribution in [0.2, 0.25) is 0 Å². The number of piperidine rings is 1. The van der Waals surface area contributed by atoms with Gasteiger partial charge in [-0.25, -0.2) is 4.68 Å². The lowest BCUT2D eigenvalue weighted by atomic mass is 9.90. The number of hydrogen-bond acceptors (Lipinski definition) is 4. The van der Waals surface area contributed by atoms with E-state index >= 15 is 0 Å². The van der Waals surface area contributed by atoms with Crippen LogP contribution in [0.1, 0.15) is 24.3 Å². The zero-order valence-corrected chi connectivity index (χ0v) is 13.4. The first-order valence-corrected chi connectivity index (χ1v) is 8.27. The predicted molar refractivity (Wildman–Crippen MR) is 90.3 cm³/mol. The zero-order valence-electron chi connectivity index (χ0n) is 13.4. The van der Waals surface area contributed by atoms with Crippen LogP contribution in [0.15, 0.2) is 48.8 Å². The molecule has 1 saturated heterocycles. The molecule has 0 spiro atoms. The zero-order chi connectivity index (χ0) is 16.4. The second-order valence-electron chi connectivity index (χ2n) is 6.17. The molecule has 0 aliphatic carbocycles. The van der Waals surface area contributed by atoms with Gasteiger partial charge in [-0.1, -0.05) is 17.3 Å². The predicted octanol–water partition coefficient (Wildman–Crippen LogP) is 2.23. The molecule has 1 aliphatic rings. The molecule has 1 aliphatic heterocycles. The fourth-order valence-corrected chi connectivity index (χ4v) is 3.36. The highest BCUT2D eigenvalue weighted by molar-refractivity contribution is 5.79. The van der Waals surface area contributed by atoms with Gasteiger partial charge in [-0.3, -0.25) is 9.78 Å². The van der Waals surface area contributed by atoms with Crippen LogP contribution in [0.5, 0.6) is 0 Å². The molecule has 4 rings (SSSR count). The van der Waals surface area contributed by atoms with Crippen molar-refractivity contribution in [3.8, 4) is 0 Å². The number of rotatable bonds is 3. The van der Waals surface area contributed by atoms with E-state index in [2.05, 4.69) is 27.4 Å². The average Bonchev–Trinajstić information content (AvgIpc) is 3.06. The third-order valence-electron chi connectivity index (χ3n) is 4.73. The molecule has 0 saturated carbocycles. The standard InChI is InChI=1S/C18H19N5O/c24-18(13-23-17-4-2-1-3-16(17)20-21-23)22-11-7-15(8-12-22)14-5-9-19-10-6-14/h1-6,9-10,15H,7-8,11-13H2. The summed E-state index contributed by atoms with van der Waals surface area (Å²) in [7, 11) is 0. The molecule has 0 atom stereocenters. The molecule has 1 amide bonds. The molecular weight excluding hydrogens is 302 g/mol. The van der Waals surface area contributed by atoms with Gasteiger partial charge < -0.3 is 4.90 Å². The van der Waals surface area contributed by atoms with Crippen LogP contribution >= 0.6 is 0 Å². The van der Waals surface area contributed by atoms with Crippen LogP contribution in [0.4, 0.5) is 0 Å². The third kappa shape index (κ3) is 2.87. The summed E-state index contributed by atoms with van der Waals surface area (Å²) in [6.07, 6.45) is 5.66. The maximum atomic E-state index is 12.6. The van der Waals surface area contributed by atoms with Crippen molar-refractivity contribution in [3.05, 3.63) is 54.4 Å². The number of carbonyl (C=O) groups excluding carboxylic acids is 1. The molecule has 6 heteroatoms. The van der Waals surface area contributed by atoms with Crippen LogP contribution in [0.25, 0.3) is 11.0 Å². The van der Waals surface area contributed by atoms with Gasteiger partial charge in [0, 0.05) is 25.5 Å². The number of amides is 1.